The van der Waals surface area contributed by atoms with Gasteiger partial charge in [0.1, 0.15) is 6.54 Å². The second-order valence-corrected chi connectivity index (χ2v) is 7.79. The van der Waals surface area contributed by atoms with E-state index in [1.807, 2.05) is 0 Å². The number of halogens is 1. The van der Waals surface area contributed by atoms with Gasteiger partial charge < -0.3 is 17.5 Å². The van der Waals surface area contributed by atoms with Crippen LogP contribution in [0.3, 0.4) is 0 Å². The lowest BCUT2D eigenvalue weighted by Crippen LogP contribution is -3.00. The van der Waals surface area contributed by atoms with E-state index in [1.54, 1.807) is 0 Å². The summed E-state index contributed by atoms with van der Waals surface area (Å²) in [6, 6.07) is 10.0. The molecule has 2 atom stereocenters. The number of benzene rings is 1. The molecular formula is C22H34ClNO. The number of hydrogen-bond donors (Lipinski definition) is 1. The molecule has 2 aliphatic rings. The fourth-order valence-electron chi connectivity index (χ4n) is 4.48. The standard InChI is InChI=1S/C22H34NO.ClH/c1-2-3-4-5-6-7-8-18-9-11-20(12-10-18)22-14-13-21-15-19(17-24)16-23(21)22;/h9-12,19,21,24H,2-8,13-17H2,1H3;1H/q+1;/p-1/t19-,21?;/m0./s1. The molecule has 2 aliphatic heterocycles. The van der Waals surface area contributed by atoms with E-state index in [9.17, 15) is 5.11 Å². The Kier molecular flexibility index (Phi) is 8.45. The van der Waals surface area contributed by atoms with Gasteiger partial charge in [0.25, 0.3) is 0 Å². The third-order valence-corrected chi connectivity index (χ3v) is 5.93. The summed E-state index contributed by atoms with van der Waals surface area (Å²) in [6.07, 6.45) is 13.1. The zero-order valence-electron chi connectivity index (χ0n) is 15.7. The zero-order valence-corrected chi connectivity index (χ0v) is 16.5. The molecule has 1 aromatic carbocycles. The van der Waals surface area contributed by atoms with Crippen molar-refractivity contribution in [2.24, 2.45) is 5.92 Å². The molecule has 3 rings (SSSR count). The van der Waals surface area contributed by atoms with E-state index in [-0.39, 0.29) is 12.4 Å². The molecule has 1 N–H and O–H groups in total. The summed E-state index contributed by atoms with van der Waals surface area (Å²) >= 11 is 0. The molecule has 0 radical (unpaired) electrons. The van der Waals surface area contributed by atoms with Crippen molar-refractivity contribution < 1.29 is 22.1 Å². The molecular weight excluding hydrogens is 330 g/mol. The van der Waals surface area contributed by atoms with Crippen molar-refractivity contribution in [1.29, 1.82) is 0 Å². The highest BCUT2D eigenvalue weighted by Crippen LogP contribution is 2.30. The summed E-state index contributed by atoms with van der Waals surface area (Å²) in [5, 5.41) is 9.43. The van der Waals surface area contributed by atoms with E-state index in [2.05, 4.69) is 35.8 Å². The molecule has 0 amide bonds. The summed E-state index contributed by atoms with van der Waals surface area (Å²) in [6.45, 7) is 3.67. The highest BCUT2D eigenvalue weighted by molar-refractivity contribution is 5.97. The first-order valence-electron chi connectivity index (χ1n) is 10.1. The third kappa shape index (κ3) is 5.31. The smallest absolute Gasteiger partial charge is 0.183 e. The first-order valence-corrected chi connectivity index (χ1v) is 10.1. The van der Waals surface area contributed by atoms with Gasteiger partial charge in [0, 0.05) is 30.7 Å². The third-order valence-electron chi connectivity index (χ3n) is 5.93. The van der Waals surface area contributed by atoms with Gasteiger partial charge in [0.05, 0.1) is 6.61 Å². The van der Waals surface area contributed by atoms with E-state index in [0.717, 1.165) is 6.54 Å². The molecule has 0 aromatic heterocycles. The number of aliphatic hydroxyl groups excluding tert-OH is 1. The first-order chi connectivity index (χ1) is 11.8. The molecule has 1 aromatic rings. The van der Waals surface area contributed by atoms with Gasteiger partial charge in [0.15, 0.2) is 11.8 Å². The van der Waals surface area contributed by atoms with Crippen LogP contribution in [0, 0.1) is 5.92 Å². The van der Waals surface area contributed by atoms with Crippen LogP contribution < -0.4 is 12.4 Å². The summed E-state index contributed by atoms with van der Waals surface area (Å²) in [5.74, 6) is 0.484. The fourth-order valence-corrected chi connectivity index (χ4v) is 4.48. The van der Waals surface area contributed by atoms with Gasteiger partial charge in [-0.3, -0.25) is 0 Å². The monoisotopic (exact) mass is 363 g/mol. The van der Waals surface area contributed by atoms with Crippen LogP contribution in [-0.4, -0.2) is 34.6 Å². The largest absolute Gasteiger partial charge is 1.00 e. The van der Waals surface area contributed by atoms with Crippen LogP contribution in [0.2, 0.25) is 0 Å². The summed E-state index contributed by atoms with van der Waals surface area (Å²) < 4.78 is 2.57. The minimum Gasteiger partial charge on any atom is -1.00 e. The number of nitrogens with zero attached hydrogens (tertiary/aromatic N) is 1. The minimum atomic E-state index is 0. The predicted octanol–water partition coefficient (Wildman–Crippen LogP) is 1.57. The molecule has 1 saturated heterocycles. The number of aryl methyl sites for hydroxylation is 1. The number of rotatable bonds is 9. The van der Waals surface area contributed by atoms with Crippen molar-refractivity contribution in [2.45, 2.75) is 77.2 Å². The van der Waals surface area contributed by atoms with E-state index < -0.39 is 0 Å². The first kappa shape index (κ1) is 20.5. The van der Waals surface area contributed by atoms with Gasteiger partial charge in [-0.05, 0) is 30.5 Å². The van der Waals surface area contributed by atoms with Crippen LogP contribution in [-0.2, 0) is 6.42 Å². The second-order valence-electron chi connectivity index (χ2n) is 7.79. The molecule has 0 saturated carbocycles. The Hall–Kier alpha value is -0.860. The summed E-state index contributed by atoms with van der Waals surface area (Å²) in [5.41, 5.74) is 4.41. The Labute approximate surface area is 159 Å². The Morgan fingerprint density at radius 3 is 2.48 bits per heavy atom. The highest BCUT2D eigenvalue weighted by Gasteiger charge is 2.42. The number of fused-ring (bicyclic) bond motifs is 1. The van der Waals surface area contributed by atoms with Crippen molar-refractivity contribution in [2.75, 3.05) is 13.2 Å². The molecule has 3 heteroatoms. The number of unbranched alkanes of at least 4 members (excludes halogenated alkanes) is 5. The van der Waals surface area contributed by atoms with E-state index in [0.29, 0.717) is 18.6 Å². The summed E-state index contributed by atoms with van der Waals surface area (Å²) in [7, 11) is 0. The van der Waals surface area contributed by atoms with Crippen molar-refractivity contribution >= 4 is 5.71 Å². The molecule has 1 fully saturated rings. The molecule has 0 spiro atoms. The molecule has 0 bridgehead atoms. The lowest BCUT2D eigenvalue weighted by Gasteiger charge is -2.05. The van der Waals surface area contributed by atoms with Gasteiger partial charge >= 0.3 is 0 Å². The molecule has 2 nitrogen and oxygen atoms in total. The average molecular weight is 364 g/mol. The normalized spacial score (nSPS) is 22.2. The van der Waals surface area contributed by atoms with E-state index >= 15 is 0 Å². The fraction of sp³-hybridized carbons (Fsp3) is 0.682. The Morgan fingerprint density at radius 2 is 1.76 bits per heavy atom. The van der Waals surface area contributed by atoms with Crippen LogP contribution in [0.5, 0.6) is 0 Å². The Bertz CT molecular complexity index is 552. The second kappa shape index (κ2) is 10.3. The van der Waals surface area contributed by atoms with Crippen LogP contribution in [0.15, 0.2) is 24.3 Å². The number of aliphatic hydroxyl groups is 1. The van der Waals surface area contributed by atoms with Gasteiger partial charge in [0.2, 0.25) is 0 Å². The van der Waals surface area contributed by atoms with E-state index in [4.69, 9.17) is 0 Å². The number of hydrogen-bond acceptors (Lipinski definition) is 1. The minimum absolute atomic E-state index is 0. The summed E-state index contributed by atoms with van der Waals surface area (Å²) in [4.78, 5) is 0. The van der Waals surface area contributed by atoms with Crippen molar-refractivity contribution in [3.05, 3.63) is 35.4 Å². The van der Waals surface area contributed by atoms with Crippen molar-refractivity contribution in [1.82, 2.24) is 0 Å². The van der Waals surface area contributed by atoms with Gasteiger partial charge in [-0.15, -0.1) is 0 Å². The highest BCUT2D eigenvalue weighted by atomic mass is 35.5. The SMILES string of the molecule is CCCCCCCCc1ccc(C2=[N+]3C[C@@H](CO)CC3CC2)cc1.[Cl-]. The predicted molar refractivity (Wildman–Crippen MR) is 101 cm³/mol. The zero-order chi connectivity index (χ0) is 16.8. The molecule has 140 valence electrons. The molecule has 0 aliphatic carbocycles. The van der Waals surface area contributed by atoms with Gasteiger partial charge in [-0.1, -0.05) is 51.2 Å². The van der Waals surface area contributed by atoms with Crippen LogP contribution >= 0.6 is 0 Å². The average Bonchev–Trinajstić information content (AvgIpc) is 3.19. The van der Waals surface area contributed by atoms with Gasteiger partial charge in [-0.25, -0.2) is 4.58 Å². The molecule has 2 heterocycles. The maximum absolute atomic E-state index is 9.43. The lowest BCUT2D eigenvalue weighted by atomic mass is 9.99. The van der Waals surface area contributed by atoms with E-state index in [1.165, 1.54) is 81.0 Å². The van der Waals surface area contributed by atoms with Gasteiger partial charge in [-0.2, -0.15) is 0 Å². The molecule has 1 unspecified atom stereocenters. The van der Waals surface area contributed by atoms with Crippen LogP contribution in [0.25, 0.3) is 0 Å². The van der Waals surface area contributed by atoms with Crippen molar-refractivity contribution in [3.8, 4) is 0 Å². The maximum Gasteiger partial charge on any atom is 0.183 e. The lowest BCUT2D eigenvalue weighted by molar-refractivity contribution is -0.537. The Balaban J connectivity index is 0.00000225. The maximum atomic E-state index is 9.43. The van der Waals surface area contributed by atoms with Crippen LogP contribution in [0.1, 0.15) is 75.8 Å². The Morgan fingerprint density at radius 1 is 1.04 bits per heavy atom. The quantitative estimate of drug-likeness (QED) is 0.522. The van der Waals surface area contributed by atoms with Crippen LogP contribution in [0.4, 0.5) is 0 Å². The topological polar surface area (TPSA) is 23.2 Å². The van der Waals surface area contributed by atoms with Crippen molar-refractivity contribution in [3.63, 3.8) is 0 Å². The molecule has 25 heavy (non-hydrogen) atoms.